The zero-order valence-electron chi connectivity index (χ0n) is 13.4. The summed E-state index contributed by atoms with van der Waals surface area (Å²) >= 11 is 0. The Labute approximate surface area is 127 Å². The third-order valence-corrected chi connectivity index (χ3v) is 3.99. The molecule has 0 heterocycles. The molecule has 1 aliphatic rings. The fourth-order valence-electron chi connectivity index (χ4n) is 2.42. The van der Waals surface area contributed by atoms with E-state index < -0.39 is 17.4 Å². The molecule has 0 aliphatic heterocycles. The maximum Gasteiger partial charge on any atom is 0.324 e. The largest absolute Gasteiger partial charge is 0.465 e. The normalized spacial score (nSPS) is 18.9. The minimum atomic E-state index is -1.11. The second-order valence-electron chi connectivity index (χ2n) is 5.70. The molecule has 0 radical (unpaired) electrons. The minimum absolute atomic E-state index is 0.144. The molecule has 1 unspecified atom stereocenters. The number of unbranched alkanes of at least 4 members (excludes halogenated alkanes) is 4. The first-order valence-electron chi connectivity index (χ1n) is 8.10. The molecule has 1 aliphatic carbocycles. The monoisotopic (exact) mass is 296 g/mol. The molecule has 21 heavy (non-hydrogen) atoms. The van der Waals surface area contributed by atoms with Crippen molar-refractivity contribution in [1.82, 2.24) is 0 Å². The zero-order valence-corrected chi connectivity index (χ0v) is 13.4. The van der Waals surface area contributed by atoms with Gasteiger partial charge >= 0.3 is 11.9 Å². The fraction of sp³-hybridized carbons (Fsp3) is 0.765. The van der Waals surface area contributed by atoms with Crippen molar-refractivity contribution < 1.29 is 19.1 Å². The number of rotatable bonds is 11. The van der Waals surface area contributed by atoms with Crippen molar-refractivity contribution >= 4 is 11.9 Å². The third kappa shape index (κ3) is 4.58. The van der Waals surface area contributed by atoms with E-state index in [-0.39, 0.29) is 5.92 Å². The van der Waals surface area contributed by atoms with E-state index in [9.17, 15) is 9.59 Å². The highest BCUT2D eigenvalue weighted by Crippen LogP contribution is 2.55. The molecule has 0 aromatic heterocycles. The van der Waals surface area contributed by atoms with Crippen LogP contribution in [0.3, 0.4) is 0 Å². The van der Waals surface area contributed by atoms with Crippen molar-refractivity contribution in [1.29, 1.82) is 0 Å². The SMILES string of the molecule is C=CC1CC1(C(=O)OCCCCC)C(=O)OCCCCC. The summed E-state index contributed by atoms with van der Waals surface area (Å²) in [5.41, 5.74) is -1.11. The van der Waals surface area contributed by atoms with Gasteiger partial charge in [-0.15, -0.1) is 6.58 Å². The molecule has 0 saturated heterocycles. The molecule has 0 bridgehead atoms. The number of ether oxygens (including phenoxy) is 2. The van der Waals surface area contributed by atoms with E-state index in [1.54, 1.807) is 6.08 Å². The van der Waals surface area contributed by atoms with Crippen LogP contribution in [0.2, 0.25) is 0 Å². The summed E-state index contributed by atoms with van der Waals surface area (Å²) in [7, 11) is 0. The number of esters is 2. The van der Waals surface area contributed by atoms with Crippen molar-refractivity contribution in [3.05, 3.63) is 12.7 Å². The molecule has 1 fully saturated rings. The Morgan fingerprint density at radius 2 is 1.52 bits per heavy atom. The topological polar surface area (TPSA) is 52.6 Å². The first-order chi connectivity index (χ1) is 10.1. The van der Waals surface area contributed by atoms with Gasteiger partial charge in [0.15, 0.2) is 5.41 Å². The van der Waals surface area contributed by atoms with Crippen molar-refractivity contribution in [2.75, 3.05) is 13.2 Å². The Bertz CT molecular complexity index is 338. The van der Waals surface area contributed by atoms with Gasteiger partial charge in [0.25, 0.3) is 0 Å². The molecule has 0 aromatic rings. The lowest BCUT2D eigenvalue weighted by Crippen LogP contribution is -2.32. The van der Waals surface area contributed by atoms with Crippen LogP contribution < -0.4 is 0 Å². The predicted molar refractivity (Wildman–Crippen MR) is 81.7 cm³/mol. The van der Waals surface area contributed by atoms with Gasteiger partial charge in [0.1, 0.15) is 0 Å². The van der Waals surface area contributed by atoms with Gasteiger partial charge in [-0.05, 0) is 19.3 Å². The summed E-state index contributed by atoms with van der Waals surface area (Å²) in [6, 6.07) is 0. The Hall–Kier alpha value is -1.32. The second kappa shape index (κ2) is 8.85. The first kappa shape index (κ1) is 17.7. The summed E-state index contributed by atoms with van der Waals surface area (Å²) < 4.78 is 10.5. The number of hydrogen-bond donors (Lipinski definition) is 0. The van der Waals surface area contributed by atoms with Crippen molar-refractivity contribution in [3.63, 3.8) is 0 Å². The summed E-state index contributed by atoms with van der Waals surface area (Å²) in [5.74, 6) is -1.03. The molecule has 1 saturated carbocycles. The van der Waals surface area contributed by atoms with Gasteiger partial charge in [0.2, 0.25) is 0 Å². The predicted octanol–water partition coefficient (Wildman–Crippen LogP) is 3.65. The Kier molecular flexibility index (Phi) is 7.48. The van der Waals surface area contributed by atoms with Crippen LogP contribution in [-0.4, -0.2) is 25.2 Å². The van der Waals surface area contributed by atoms with E-state index in [1.807, 2.05) is 0 Å². The van der Waals surface area contributed by atoms with Gasteiger partial charge in [0.05, 0.1) is 13.2 Å². The first-order valence-corrected chi connectivity index (χ1v) is 8.10. The fourth-order valence-corrected chi connectivity index (χ4v) is 2.42. The van der Waals surface area contributed by atoms with E-state index in [2.05, 4.69) is 20.4 Å². The average molecular weight is 296 g/mol. The molecule has 1 rings (SSSR count). The minimum Gasteiger partial charge on any atom is -0.465 e. The highest BCUT2D eigenvalue weighted by atomic mass is 16.6. The molecule has 4 nitrogen and oxygen atoms in total. The number of allylic oxidation sites excluding steroid dienone is 1. The van der Waals surface area contributed by atoms with Crippen molar-refractivity contribution in [2.45, 2.75) is 58.8 Å². The molecule has 0 N–H and O–H groups in total. The highest BCUT2D eigenvalue weighted by molar-refractivity contribution is 6.04. The zero-order chi connectivity index (χ0) is 15.7. The van der Waals surface area contributed by atoms with Crippen LogP contribution in [0.5, 0.6) is 0 Å². The lowest BCUT2D eigenvalue weighted by molar-refractivity contribution is -0.165. The van der Waals surface area contributed by atoms with Crippen LogP contribution in [0.15, 0.2) is 12.7 Å². The van der Waals surface area contributed by atoms with Gasteiger partial charge in [-0.25, -0.2) is 0 Å². The van der Waals surface area contributed by atoms with Gasteiger partial charge in [0, 0.05) is 5.92 Å². The lowest BCUT2D eigenvalue weighted by Gasteiger charge is -2.15. The molecule has 0 spiro atoms. The van der Waals surface area contributed by atoms with Crippen LogP contribution in [0.1, 0.15) is 58.8 Å². The van der Waals surface area contributed by atoms with E-state index in [4.69, 9.17) is 9.47 Å². The van der Waals surface area contributed by atoms with E-state index in [1.165, 1.54) is 0 Å². The molecule has 4 heteroatoms. The highest BCUT2D eigenvalue weighted by Gasteiger charge is 2.67. The summed E-state index contributed by atoms with van der Waals surface area (Å²) in [4.78, 5) is 24.4. The van der Waals surface area contributed by atoms with Crippen LogP contribution >= 0.6 is 0 Å². The Balaban J connectivity index is 2.48. The summed E-state index contributed by atoms with van der Waals surface area (Å²) in [6.07, 6.45) is 7.97. The van der Waals surface area contributed by atoms with Gasteiger partial charge in [-0.3, -0.25) is 9.59 Å². The Morgan fingerprint density at radius 3 is 1.86 bits per heavy atom. The van der Waals surface area contributed by atoms with Crippen LogP contribution in [0, 0.1) is 11.3 Å². The van der Waals surface area contributed by atoms with Gasteiger partial charge in [-0.2, -0.15) is 0 Å². The average Bonchev–Trinajstić information content (AvgIpc) is 3.23. The van der Waals surface area contributed by atoms with Gasteiger partial charge < -0.3 is 9.47 Å². The maximum absolute atomic E-state index is 12.2. The van der Waals surface area contributed by atoms with Crippen molar-refractivity contribution in [3.8, 4) is 0 Å². The smallest absolute Gasteiger partial charge is 0.324 e. The van der Waals surface area contributed by atoms with E-state index >= 15 is 0 Å². The molecule has 1 atom stereocenters. The van der Waals surface area contributed by atoms with Crippen LogP contribution in [0.4, 0.5) is 0 Å². The standard InChI is InChI=1S/C17H28O4/c1-4-7-9-11-20-15(18)17(13-14(17)6-3)16(19)21-12-10-8-5-2/h6,14H,3-5,7-13H2,1-2H3. The van der Waals surface area contributed by atoms with Crippen LogP contribution in [-0.2, 0) is 19.1 Å². The number of carbonyl (C=O) groups excluding carboxylic acids is 2. The quantitative estimate of drug-likeness (QED) is 0.253. The summed E-state index contributed by atoms with van der Waals surface area (Å²) in [5, 5.41) is 0. The summed E-state index contributed by atoms with van der Waals surface area (Å²) in [6.45, 7) is 8.62. The second-order valence-corrected chi connectivity index (χ2v) is 5.70. The van der Waals surface area contributed by atoms with E-state index in [0.717, 1.165) is 38.5 Å². The number of hydrogen-bond acceptors (Lipinski definition) is 4. The lowest BCUT2D eigenvalue weighted by atomic mass is 10.0. The van der Waals surface area contributed by atoms with Crippen molar-refractivity contribution in [2.24, 2.45) is 11.3 Å². The molecule has 0 aromatic carbocycles. The molecule has 0 amide bonds. The maximum atomic E-state index is 12.2. The number of carbonyl (C=O) groups is 2. The van der Waals surface area contributed by atoms with Gasteiger partial charge in [-0.1, -0.05) is 45.6 Å². The van der Waals surface area contributed by atoms with Crippen LogP contribution in [0.25, 0.3) is 0 Å². The molecule has 120 valence electrons. The Morgan fingerprint density at radius 1 is 1.05 bits per heavy atom. The van der Waals surface area contributed by atoms with E-state index in [0.29, 0.717) is 19.6 Å². The molecular formula is C17H28O4. The third-order valence-electron chi connectivity index (χ3n) is 3.99. The molecular weight excluding hydrogens is 268 g/mol.